The van der Waals surface area contributed by atoms with E-state index < -0.39 is 0 Å². The topological polar surface area (TPSA) is 86.5 Å². The lowest BCUT2D eigenvalue weighted by Crippen LogP contribution is -2.46. The van der Waals surface area contributed by atoms with E-state index >= 15 is 0 Å². The van der Waals surface area contributed by atoms with Gasteiger partial charge in [-0.25, -0.2) is 4.98 Å². The summed E-state index contributed by atoms with van der Waals surface area (Å²) in [6, 6.07) is 5.86. The van der Waals surface area contributed by atoms with Gasteiger partial charge in [0.15, 0.2) is 11.5 Å². The highest BCUT2D eigenvalue weighted by Crippen LogP contribution is 2.36. The summed E-state index contributed by atoms with van der Waals surface area (Å²) < 4.78 is 10.8. The number of nitrogens with zero attached hydrogens (tertiary/aromatic N) is 1. The number of thiazole rings is 1. The van der Waals surface area contributed by atoms with Crippen LogP contribution in [-0.2, 0) is 11.2 Å². The Morgan fingerprint density at radius 2 is 1.97 bits per heavy atom. The smallest absolute Gasteiger partial charge is 0.231 e. The van der Waals surface area contributed by atoms with Crippen molar-refractivity contribution in [1.29, 1.82) is 0 Å². The van der Waals surface area contributed by atoms with E-state index in [0.717, 1.165) is 40.6 Å². The number of ether oxygens (including phenoxy) is 2. The molecule has 9 heteroatoms. The molecule has 1 amide bonds. The number of rotatable bonds is 6. The normalized spacial score (nSPS) is 16.4. The number of amides is 1. The maximum absolute atomic E-state index is 12.5. The predicted octanol–water partition coefficient (Wildman–Crippen LogP) is 3.95. The zero-order chi connectivity index (χ0) is 18.6. The molecule has 1 saturated carbocycles. The molecular formula is C20H27Cl2N3O3S. The zero-order valence-electron chi connectivity index (χ0n) is 16.1. The van der Waals surface area contributed by atoms with E-state index in [4.69, 9.17) is 15.2 Å². The second-order valence-corrected chi connectivity index (χ2v) is 8.05. The number of aromatic nitrogens is 1. The molecule has 3 N–H and O–H groups in total. The fraction of sp³-hybridized carbons (Fsp3) is 0.500. The van der Waals surface area contributed by atoms with E-state index in [-0.39, 0.29) is 50.0 Å². The zero-order valence-corrected chi connectivity index (χ0v) is 18.5. The summed E-state index contributed by atoms with van der Waals surface area (Å²) in [7, 11) is 0. The molecule has 0 radical (unpaired) electrons. The number of benzene rings is 1. The van der Waals surface area contributed by atoms with Gasteiger partial charge in [0.2, 0.25) is 12.7 Å². The summed E-state index contributed by atoms with van der Waals surface area (Å²) in [5.41, 5.74) is 7.67. The van der Waals surface area contributed by atoms with Crippen molar-refractivity contribution in [1.82, 2.24) is 10.3 Å². The standard InChI is InChI=1S/C20H25N3O3S.2ClH/c21-10-16(13-4-2-1-3-5-13)23-19(24)9-15-11-27-20(22-15)14-6-7-17-18(8-14)26-12-25-17;;/h6-8,11,13,16H,1-5,9-10,12,21H2,(H,23,24);2*1H. The summed E-state index contributed by atoms with van der Waals surface area (Å²) in [4.78, 5) is 17.1. The molecule has 0 spiro atoms. The van der Waals surface area contributed by atoms with Crippen LogP contribution in [0.2, 0.25) is 0 Å². The maximum atomic E-state index is 12.5. The first-order valence-corrected chi connectivity index (χ1v) is 10.4. The molecule has 160 valence electrons. The third kappa shape index (κ3) is 5.75. The molecule has 0 saturated heterocycles. The fourth-order valence-corrected chi connectivity index (χ4v) is 4.70. The average molecular weight is 460 g/mol. The molecule has 6 nitrogen and oxygen atoms in total. The lowest BCUT2D eigenvalue weighted by atomic mass is 9.84. The molecule has 0 bridgehead atoms. The van der Waals surface area contributed by atoms with Crippen molar-refractivity contribution in [3.8, 4) is 22.1 Å². The molecule has 1 aromatic heterocycles. The quantitative estimate of drug-likeness (QED) is 0.682. The Kier molecular flexibility index (Phi) is 9.02. The van der Waals surface area contributed by atoms with Gasteiger partial charge in [-0.3, -0.25) is 4.79 Å². The van der Waals surface area contributed by atoms with Crippen LogP contribution in [0.1, 0.15) is 37.8 Å². The Bertz CT molecular complexity index is 812. The Hall–Kier alpha value is -1.54. The van der Waals surface area contributed by atoms with Crippen molar-refractivity contribution in [3.05, 3.63) is 29.3 Å². The van der Waals surface area contributed by atoms with Crippen LogP contribution < -0.4 is 20.5 Å². The van der Waals surface area contributed by atoms with Crippen LogP contribution in [0.25, 0.3) is 10.6 Å². The van der Waals surface area contributed by atoms with Crippen LogP contribution in [-0.4, -0.2) is 30.3 Å². The first-order chi connectivity index (χ1) is 13.2. The van der Waals surface area contributed by atoms with Crippen molar-refractivity contribution < 1.29 is 14.3 Å². The van der Waals surface area contributed by atoms with Crippen molar-refractivity contribution in [3.63, 3.8) is 0 Å². The Balaban J connectivity index is 0.00000150. The molecule has 29 heavy (non-hydrogen) atoms. The predicted molar refractivity (Wildman–Crippen MR) is 119 cm³/mol. The van der Waals surface area contributed by atoms with Crippen molar-refractivity contribution in [2.24, 2.45) is 11.7 Å². The Morgan fingerprint density at radius 1 is 1.21 bits per heavy atom. The van der Waals surface area contributed by atoms with E-state index in [2.05, 4.69) is 10.3 Å². The number of nitrogens with two attached hydrogens (primary N) is 1. The van der Waals surface area contributed by atoms with Crippen molar-refractivity contribution >= 4 is 42.1 Å². The van der Waals surface area contributed by atoms with E-state index in [1.807, 2.05) is 23.6 Å². The number of fused-ring (bicyclic) bond motifs is 1. The second kappa shape index (κ2) is 11.0. The second-order valence-electron chi connectivity index (χ2n) is 7.20. The molecule has 4 rings (SSSR count). The highest BCUT2D eigenvalue weighted by molar-refractivity contribution is 7.13. The molecule has 2 heterocycles. The molecule has 1 unspecified atom stereocenters. The summed E-state index contributed by atoms with van der Waals surface area (Å²) in [5.74, 6) is 2.00. The molecular weight excluding hydrogens is 433 g/mol. The van der Waals surface area contributed by atoms with E-state index in [0.29, 0.717) is 12.5 Å². The van der Waals surface area contributed by atoms with E-state index in [1.54, 1.807) is 0 Å². The Labute approximate surface area is 187 Å². The number of carbonyl (C=O) groups is 1. The van der Waals surface area contributed by atoms with Crippen LogP contribution in [0.15, 0.2) is 23.6 Å². The molecule has 1 atom stereocenters. The van der Waals surface area contributed by atoms with Gasteiger partial charge in [0.25, 0.3) is 0 Å². The van der Waals surface area contributed by atoms with Gasteiger partial charge in [-0.05, 0) is 37.0 Å². The van der Waals surface area contributed by atoms with Gasteiger partial charge in [-0.2, -0.15) is 0 Å². The minimum atomic E-state index is -0.00133. The first-order valence-electron chi connectivity index (χ1n) is 9.57. The molecule has 1 aliphatic heterocycles. The van der Waals surface area contributed by atoms with Gasteiger partial charge in [0, 0.05) is 23.5 Å². The number of hydrogen-bond donors (Lipinski definition) is 2. The van der Waals surface area contributed by atoms with Gasteiger partial charge in [-0.15, -0.1) is 36.2 Å². The van der Waals surface area contributed by atoms with E-state index in [1.165, 1.54) is 30.6 Å². The lowest BCUT2D eigenvalue weighted by Gasteiger charge is -2.30. The summed E-state index contributed by atoms with van der Waals surface area (Å²) in [6.45, 7) is 0.751. The van der Waals surface area contributed by atoms with Gasteiger partial charge >= 0.3 is 0 Å². The summed E-state index contributed by atoms with van der Waals surface area (Å²) in [5, 5.41) is 5.95. The Morgan fingerprint density at radius 3 is 2.72 bits per heavy atom. The molecule has 1 aliphatic carbocycles. The van der Waals surface area contributed by atoms with Gasteiger partial charge in [-0.1, -0.05) is 19.3 Å². The first kappa shape index (κ1) is 23.7. The number of carbonyl (C=O) groups excluding carboxylic acids is 1. The summed E-state index contributed by atoms with van der Waals surface area (Å²) >= 11 is 1.53. The van der Waals surface area contributed by atoms with Crippen molar-refractivity contribution in [2.75, 3.05) is 13.3 Å². The molecule has 1 fully saturated rings. The maximum Gasteiger partial charge on any atom is 0.231 e. The van der Waals surface area contributed by atoms with Crippen molar-refractivity contribution in [2.45, 2.75) is 44.6 Å². The monoisotopic (exact) mass is 459 g/mol. The fourth-order valence-electron chi connectivity index (χ4n) is 3.88. The molecule has 2 aliphatic rings. The highest BCUT2D eigenvalue weighted by atomic mass is 35.5. The van der Waals surface area contributed by atoms with Gasteiger partial charge in [0.1, 0.15) is 5.01 Å². The van der Waals surface area contributed by atoms with Crippen LogP contribution in [0, 0.1) is 5.92 Å². The minimum Gasteiger partial charge on any atom is -0.454 e. The number of nitrogens with one attached hydrogen (secondary N) is 1. The van der Waals surface area contributed by atoms with Gasteiger partial charge < -0.3 is 20.5 Å². The summed E-state index contributed by atoms with van der Waals surface area (Å²) in [6.07, 6.45) is 6.37. The number of halogens is 2. The van der Waals surface area contributed by atoms with Crippen LogP contribution in [0.3, 0.4) is 0 Å². The molecule has 2 aromatic rings. The van der Waals surface area contributed by atoms with Gasteiger partial charge in [0.05, 0.1) is 12.1 Å². The average Bonchev–Trinajstić information content (AvgIpc) is 3.35. The highest BCUT2D eigenvalue weighted by Gasteiger charge is 2.24. The largest absolute Gasteiger partial charge is 0.454 e. The van der Waals surface area contributed by atoms with Crippen LogP contribution in [0.5, 0.6) is 11.5 Å². The minimum absolute atomic E-state index is 0. The SMILES string of the molecule is Cl.Cl.NCC(NC(=O)Cc1csc(-c2ccc3c(c2)OCO3)n1)C1CCCCC1. The van der Waals surface area contributed by atoms with Crippen LogP contribution in [0.4, 0.5) is 0 Å². The lowest BCUT2D eigenvalue weighted by molar-refractivity contribution is -0.121. The molecule has 1 aromatic carbocycles. The third-order valence-corrected chi connectivity index (χ3v) is 6.27. The third-order valence-electron chi connectivity index (χ3n) is 5.33. The van der Waals surface area contributed by atoms with E-state index in [9.17, 15) is 4.79 Å². The number of hydrogen-bond acceptors (Lipinski definition) is 6. The van der Waals surface area contributed by atoms with Crippen LogP contribution >= 0.6 is 36.2 Å².